The number of fused-ring (bicyclic) bond motifs is 2. The van der Waals surface area contributed by atoms with Crippen LogP contribution in [0.2, 0.25) is 0 Å². The second-order valence-electron chi connectivity index (χ2n) is 5.71. The molecule has 2 unspecified atom stereocenters. The average Bonchev–Trinajstić information content (AvgIpc) is 2.68. The van der Waals surface area contributed by atoms with Crippen LogP contribution in [0, 0.1) is 68.8 Å². The number of hydrogen-bond acceptors (Lipinski definition) is 6. The molecule has 0 spiro atoms. The molecule has 0 amide bonds. The monoisotopic (exact) mass is 382 g/mol. The molecule has 0 saturated carbocycles. The highest BCUT2D eigenvalue weighted by Crippen LogP contribution is 2.47. The van der Waals surface area contributed by atoms with E-state index in [-0.39, 0.29) is 0 Å². The summed E-state index contributed by atoms with van der Waals surface area (Å²) in [5, 5.41) is 36.4. The molecule has 2 atom stereocenters. The van der Waals surface area contributed by atoms with Gasteiger partial charge in [-0.25, -0.2) is 17.6 Å². The Morgan fingerprint density at radius 1 is 0.607 bits per heavy atom. The third kappa shape index (κ3) is 2.03. The molecular weight excluding hydrogens is 380 g/mol. The number of allylic oxidation sites excluding steroid dienone is 4. The van der Waals surface area contributed by atoms with E-state index in [1.807, 2.05) is 0 Å². The average molecular weight is 382 g/mol. The Hall–Kier alpha value is -4.28. The van der Waals surface area contributed by atoms with Gasteiger partial charge in [0, 0.05) is 0 Å². The predicted molar refractivity (Wildman–Crippen MR) is 78.9 cm³/mol. The van der Waals surface area contributed by atoms with Crippen LogP contribution >= 0.6 is 0 Å². The number of rotatable bonds is 0. The van der Waals surface area contributed by atoms with Crippen LogP contribution in [0.4, 0.5) is 17.6 Å². The fourth-order valence-electron chi connectivity index (χ4n) is 3.35. The third-order valence-electron chi connectivity index (χ3n) is 4.52. The summed E-state index contributed by atoms with van der Waals surface area (Å²) >= 11 is 0. The summed E-state index contributed by atoms with van der Waals surface area (Å²) in [6.45, 7) is 0. The van der Waals surface area contributed by atoms with Crippen molar-refractivity contribution in [2.24, 2.45) is 11.8 Å². The summed E-state index contributed by atoms with van der Waals surface area (Å²) in [6, 6.07) is 4.87. The van der Waals surface area contributed by atoms with Crippen molar-refractivity contribution < 1.29 is 27.2 Å². The largest absolute Gasteiger partial charge is 0.293 e. The first-order chi connectivity index (χ1) is 13.3. The van der Waals surface area contributed by atoms with Crippen LogP contribution in [0.1, 0.15) is 31.8 Å². The molecule has 0 heterocycles. The zero-order valence-corrected chi connectivity index (χ0v) is 13.3. The van der Waals surface area contributed by atoms with Gasteiger partial charge in [0.25, 0.3) is 0 Å². The summed E-state index contributed by atoms with van der Waals surface area (Å²) < 4.78 is 56.6. The van der Waals surface area contributed by atoms with Gasteiger partial charge in [-0.3, -0.25) is 9.59 Å². The van der Waals surface area contributed by atoms with Gasteiger partial charge < -0.3 is 0 Å². The number of carbonyl (C=O) groups excluding carboxylic acids is 2. The van der Waals surface area contributed by atoms with Crippen LogP contribution < -0.4 is 0 Å². The molecule has 3 rings (SSSR count). The molecule has 2 aliphatic carbocycles. The Morgan fingerprint density at radius 2 is 0.929 bits per heavy atom. The van der Waals surface area contributed by atoms with Gasteiger partial charge in [-0.2, -0.15) is 21.0 Å². The molecule has 0 bridgehead atoms. The highest BCUT2D eigenvalue weighted by Gasteiger charge is 2.53. The summed E-state index contributed by atoms with van der Waals surface area (Å²) in [5.41, 5.74) is -6.70. The van der Waals surface area contributed by atoms with Crippen LogP contribution in [0.5, 0.6) is 0 Å². The van der Waals surface area contributed by atoms with Crippen LogP contribution in [0.25, 0.3) is 0 Å². The maximum atomic E-state index is 14.2. The number of benzene rings is 1. The van der Waals surface area contributed by atoms with E-state index in [0.29, 0.717) is 0 Å². The minimum Gasteiger partial charge on any atom is -0.293 e. The first kappa shape index (κ1) is 18.5. The third-order valence-corrected chi connectivity index (χ3v) is 4.52. The van der Waals surface area contributed by atoms with Crippen molar-refractivity contribution in [3.05, 3.63) is 56.7 Å². The minimum atomic E-state index is -2.05. The van der Waals surface area contributed by atoms with Crippen molar-refractivity contribution in [3.8, 4) is 24.3 Å². The van der Waals surface area contributed by atoms with E-state index in [1.54, 1.807) is 0 Å². The van der Waals surface area contributed by atoms with E-state index in [0.717, 1.165) is 0 Å². The number of halogens is 4. The zero-order chi connectivity index (χ0) is 20.9. The van der Waals surface area contributed by atoms with Gasteiger partial charge in [0.1, 0.15) is 23.3 Å². The molecule has 0 N–H and O–H groups in total. The van der Waals surface area contributed by atoms with Gasteiger partial charge in [-0.15, -0.1) is 0 Å². The van der Waals surface area contributed by atoms with Crippen LogP contribution in [0.15, 0.2) is 22.8 Å². The van der Waals surface area contributed by atoms with Gasteiger partial charge >= 0.3 is 0 Å². The lowest BCUT2D eigenvalue weighted by molar-refractivity contribution is 0.0784. The molecule has 0 fully saturated rings. The number of nitrogens with zero attached hydrogens (tertiary/aromatic N) is 4. The smallest absolute Gasteiger partial charge is 0.178 e. The number of carbonyl (C=O) groups is 2. The predicted octanol–water partition coefficient (Wildman–Crippen LogP) is 2.83. The summed E-state index contributed by atoms with van der Waals surface area (Å²) in [5.74, 6) is -14.3. The summed E-state index contributed by atoms with van der Waals surface area (Å²) in [4.78, 5) is 25.8. The molecular formula is C18H2F4N4O2. The molecule has 1 aromatic rings. The van der Waals surface area contributed by atoms with Crippen molar-refractivity contribution in [2.75, 3.05) is 0 Å². The van der Waals surface area contributed by atoms with E-state index < -0.39 is 80.1 Å². The van der Waals surface area contributed by atoms with Gasteiger partial charge in [0.2, 0.25) is 0 Å². The van der Waals surface area contributed by atoms with Crippen molar-refractivity contribution in [3.63, 3.8) is 0 Å². The SMILES string of the molecule is N#CC1=C(F)C(F)=C(C#N)C2C(=O)c3c(C#N)c(F)c(F)c(C#N)c3C(=O)C12. The summed E-state index contributed by atoms with van der Waals surface area (Å²) in [6.07, 6.45) is 0. The van der Waals surface area contributed by atoms with Gasteiger partial charge in [-0.1, -0.05) is 0 Å². The van der Waals surface area contributed by atoms with Gasteiger partial charge in [0.05, 0.1) is 46.2 Å². The Bertz CT molecular complexity index is 1150. The molecule has 0 saturated heterocycles. The van der Waals surface area contributed by atoms with E-state index in [1.165, 1.54) is 24.3 Å². The maximum Gasteiger partial charge on any atom is 0.178 e. The fourth-order valence-corrected chi connectivity index (χ4v) is 3.35. The first-order valence-electron chi connectivity index (χ1n) is 7.30. The quantitative estimate of drug-likeness (QED) is 0.635. The topological polar surface area (TPSA) is 129 Å². The van der Waals surface area contributed by atoms with Crippen molar-refractivity contribution in [2.45, 2.75) is 0 Å². The molecule has 6 nitrogen and oxygen atoms in total. The van der Waals surface area contributed by atoms with Gasteiger partial charge in [-0.05, 0) is 0 Å². The van der Waals surface area contributed by atoms with E-state index in [4.69, 9.17) is 21.0 Å². The maximum absolute atomic E-state index is 14.2. The Kier molecular flexibility index (Phi) is 4.07. The van der Waals surface area contributed by atoms with Crippen LogP contribution in [0.3, 0.4) is 0 Å². The number of ketones is 2. The van der Waals surface area contributed by atoms with E-state index in [9.17, 15) is 27.2 Å². The molecule has 28 heavy (non-hydrogen) atoms. The van der Waals surface area contributed by atoms with Crippen molar-refractivity contribution in [1.82, 2.24) is 0 Å². The lowest BCUT2D eigenvalue weighted by Gasteiger charge is -2.33. The molecule has 10 heteroatoms. The Labute approximate surface area is 153 Å². The van der Waals surface area contributed by atoms with Crippen LogP contribution in [-0.2, 0) is 0 Å². The number of hydrogen-bond donors (Lipinski definition) is 0. The highest BCUT2D eigenvalue weighted by atomic mass is 19.2. The van der Waals surface area contributed by atoms with Crippen molar-refractivity contribution in [1.29, 1.82) is 21.0 Å². The standard InChI is InChI=1S/C18H2F4N4O2/c19-13-5(1-23)9-10(6(2-24)14(13)20)18(28)12-8(4-26)16(22)15(21)7(3-25)11(12)17(9)27/h9-10H. The number of Topliss-reactive ketones (excluding diaryl/α,β-unsaturated/α-hetero) is 2. The molecule has 2 aliphatic rings. The lowest BCUT2D eigenvalue weighted by Crippen LogP contribution is -2.42. The van der Waals surface area contributed by atoms with Crippen LogP contribution in [-0.4, -0.2) is 11.6 Å². The van der Waals surface area contributed by atoms with Crippen molar-refractivity contribution >= 4 is 11.6 Å². The molecule has 1 aromatic carbocycles. The highest BCUT2D eigenvalue weighted by molar-refractivity contribution is 6.20. The minimum absolute atomic E-state index is 1.01. The van der Waals surface area contributed by atoms with E-state index in [2.05, 4.69) is 0 Å². The Morgan fingerprint density at radius 3 is 1.18 bits per heavy atom. The normalized spacial score (nSPS) is 20.6. The van der Waals surface area contributed by atoms with E-state index >= 15 is 0 Å². The second-order valence-corrected chi connectivity index (χ2v) is 5.71. The molecule has 0 aromatic heterocycles. The molecule has 0 aliphatic heterocycles. The summed E-state index contributed by atoms with van der Waals surface area (Å²) in [7, 11) is 0. The Balaban J connectivity index is 2.53. The lowest BCUT2D eigenvalue weighted by atomic mass is 9.64. The zero-order valence-electron chi connectivity index (χ0n) is 13.3. The second kappa shape index (κ2) is 6.16. The first-order valence-corrected chi connectivity index (χ1v) is 7.30. The van der Waals surface area contributed by atoms with Gasteiger partial charge in [0.15, 0.2) is 34.9 Å². The number of nitriles is 4. The molecule has 0 radical (unpaired) electrons. The molecule has 134 valence electrons. The fraction of sp³-hybridized carbons (Fsp3) is 0.111.